The molecule has 1 amide bonds. The zero-order valence-electron chi connectivity index (χ0n) is 17.9. The van der Waals surface area contributed by atoms with Crippen LogP contribution in [0.25, 0.3) is 0 Å². The lowest BCUT2D eigenvalue weighted by molar-refractivity contribution is 0.0278. The first-order chi connectivity index (χ1) is 13.8. The smallest absolute Gasteiger partial charge is 0.410 e. The van der Waals surface area contributed by atoms with Crippen molar-refractivity contribution in [3.05, 3.63) is 65.7 Å². The first kappa shape index (κ1) is 22.8. The summed E-state index contributed by atoms with van der Waals surface area (Å²) in [6.45, 7) is 6.29. The molecule has 0 saturated carbocycles. The van der Waals surface area contributed by atoms with Gasteiger partial charge in [-0.15, -0.1) is 0 Å². The Bertz CT molecular complexity index is 738. The molecule has 0 bridgehead atoms. The van der Waals surface area contributed by atoms with Crippen LogP contribution >= 0.6 is 0 Å². The number of aliphatic hydroxyl groups excluding tert-OH is 1. The second-order valence-corrected chi connectivity index (χ2v) is 8.18. The zero-order valence-corrected chi connectivity index (χ0v) is 17.9. The molecule has 158 valence electrons. The average Bonchev–Trinajstić information content (AvgIpc) is 2.69. The second-order valence-electron chi connectivity index (χ2n) is 8.18. The van der Waals surface area contributed by atoms with Crippen LogP contribution in [0, 0.1) is 0 Å². The molecule has 0 fully saturated rings. The van der Waals surface area contributed by atoms with Gasteiger partial charge in [-0.3, -0.25) is 0 Å². The molecule has 0 aliphatic carbocycles. The molecule has 2 aromatic rings. The minimum absolute atomic E-state index is 0.177. The minimum atomic E-state index is -0.515. The lowest BCUT2D eigenvalue weighted by atomic mass is 10.1. The first-order valence-corrected chi connectivity index (χ1v) is 10.1. The number of hydrogen-bond donors (Lipinski definition) is 1. The molecular weight excluding hydrogens is 366 g/mol. The van der Waals surface area contributed by atoms with E-state index in [4.69, 9.17) is 14.6 Å². The van der Waals surface area contributed by atoms with Gasteiger partial charge in [0, 0.05) is 26.6 Å². The molecule has 0 aliphatic rings. The normalized spacial score (nSPS) is 12.3. The largest absolute Gasteiger partial charge is 0.486 e. The number of aliphatic hydroxyl groups is 1. The molecule has 0 heterocycles. The summed E-state index contributed by atoms with van der Waals surface area (Å²) in [5.74, 6) is 0.784. The van der Waals surface area contributed by atoms with E-state index < -0.39 is 5.60 Å². The van der Waals surface area contributed by atoms with Crippen LogP contribution in [0.2, 0.25) is 0 Å². The highest BCUT2D eigenvalue weighted by atomic mass is 16.6. The van der Waals surface area contributed by atoms with E-state index in [1.54, 1.807) is 11.9 Å². The Hall–Kier alpha value is -2.53. The molecule has 0 aromatic heterocycles. The highest BCUT2D eigenvalue weighted by Gasteiger charge is 2.21. The number of amides is 1. The van der Waals surface area contributed by atoms with E-state index in [0.717, 1.165) is 24.2 Å². The van der Waals surface area contributed by atoms with E-state index >= 15 is 0 Å². The van der Waals surface area contributed by atoms with Crippen molar-refractivity contribution in [2.24, 2.45) is 0 Å². The number of carbonyl (C=O) groups excluding carboxylic acids is 1. The van der Waals surface area contributed by atoms with Gasteiger partial charge < -0.3 is 19.5 Å². The maximum atomic E-state index is 12.2. The van der Waals surface area contributed by atoms with Gasteiger partial charge in [0.2, 0.25) is 0 Å². The van der Waals surface area contributed by atoms with Crippen LogP contribution in [0.1, 0.15) is 50.8 Å². The monoisotopic (exact) mass is 399 g/mol. The summed E-state index contributed by atoms with van der Waals surface area (Å²) in [4.78, 5) is 13.8. The zero-order chi connectivity index (χ0) is 21.3. The van der Waals surface area contributed by atoms with Crippen molar-refractivity contribution in [2.75, 3.05) is 20.2 Å². The van der Waals surface area contributed by atoms with Gasteiger partial charge >= 0.3 is 6.09 Å². The van der Waals surface area contributed by atoms with Crippen molar-refractivity contribution < 1.29 is 19.4 Å². The van der Waals surface area contributed by atoms with Gasteiger partial charge in [0.25, 0.3) is 0 Å². The quantitative estimate of drug-likeness (QED) is 0.645. The molecule has 2 rings (SSSR count). The van der Waals surface area contributed by atoms with E-state index in [1.807, 2.05) is 75.4 Å². The number of aryl methyl sites for hydroxylation is 1. The SMILES string of the molecule is CN(CCC(Oc1ccc(CCCO)cc1)c1ccccc1)C(=O)OC(C)(C)C. The Morgan fingerprint density at radius 3 is 2.31 bits per heavy atom. The van der Waals surface area contributed by atoms with Gasteiger partial charge in [0.15, 0.2) is 0 Å². The number of nitrogens with zero attached hydrogens (tertiary/aromatic N) is 1. The van der Waals surface area contributed by atoms with E-state index in [1.165, 1.54) is 5.56 Å². The van der Waals surface area contributed by atoms with E-state index in [2.05, 4.69) is 0 Å². The molecule has 29 heavy (non-hydrogen) atoms. The summed E-state index contributed by atoms with van der Waals surface area (Å²) >= 11 is 0. The van der Waals surface area contributed by atoms with E-state index in [0.29, 0.717) is 13.0 Å². The Morgan fingerprint density at radius 2 is 1.72 bits per heavy atom. The predicted octanol–water partition coefficient (Wildman–Crippen LogP) is 4.99. The van der Waals surface area contributed by atoms with Crippen molar-refractivity contribution in [1.82, 2.24) is 4.90 Å². The molecule has 0 spiro atoms. The van der Waals surface area contributed by atoms with Gasteiger partial charge in [-0.05, 0) is 56.9 Å². The molecule has 2 aromatic carbocycles. The van der Waals surface area contributed by atoms with Crippen molar-refractivity contribution in [2.45, 2.75) is 51.7 Å². The fraction of sp³-hybridized carbons (Fsp3) is 0.458. The Morgan fingerprint density at radius 1 is 1.07 bits per heavy atom. The van der Waals surface area contributed by atoms with Gasteiger partial charge in [0.05, 0.1) is 0 Å². The van der Waals surface area contributed by atoms with Gasteiger partial charge in [-0.1, -0.05) is 42.5 Å². The van der Waals surface area contributed by atoms with Crippen molar-refractivity contribution in [1.29, 1.82) is 0 Å². The second kappa shape index (κ2) is 10.9. The fourth-order valence-electron chi connectivity index (χ4n) is 2.89. The predicted molar refractivity (Wildman–Crippen MR) is 115 cm³/mol. The third kappa shape index (κ3) is 8.16. The summed E-state index contributed by atoms with van der Waals surface area (Å²) < 4.78 is 11.7. The highest BCUT2D eigenvalue weighted by molar-refractivity contribution is 5.67. The summed E-state index contributed by atoms with van der Waals surface area (Å²) in [5, 5.41) is 8.97. The van der Waals surface area contributed by atoms with Crippen molar-refractivity contribution >= 4 is 6.09 Å². The standard InChI is InChI=1S/C24H33NO4/c1-24(2,3)29-23(27)25(4)17-16-22(20-10-6-5-7-11-20)28-21-14-12-19(13-15-21)9-8-18-26/h5-7,10-15,22,26H,8-9,16-18H2,1-4H3. The number of benzene rings is 2. The summed E-state index contributed by atoms with van der Waals surface area (Å²) in [5.41, 5.74) is 1.72. The Kier molecular flexibility index (Phi) is 8.52. The lowest BCUT2D eigenvalue weighted by Gasteiger charge is -2.26. The molecule has 1 atom stereocenters. The topological polar surface area (TPSA) is 59.0 Å². The Labute approximate surface area is 174 Å². The lowest BCUT2D eigenvalue weighted by Crippen LogP contribution is -2.35. The maximum Gasteiger partial charge on any atom is 0.410 e. The number of carbonyl (C=O) groups is 1. The summed E-state index contributed by atoms with van der Waals surface area (Å²) in [6.07, 6.45) is 1.73. The maximum absolute atomic E-state index is 12.2. The van der Waals surface area contributed by atoms with Gasteiger partial charge in [-0.25, -0.2) is 4.79 Å². The minimum Gasteiger partial charge on any atom is -0.486 e. The summed E-state index contributed by atoms with van der Waals surface area (Å²) in [7, 11) is 1.74. The third-order valence-electron chi connectivity index (χ3n) is 4.43. The average molecular weight is 400 g/mol. The molecule has 1 unspecified atom stereocenters. The summed E-state index contributed by atoms with van der Waals surface area (Å²) in [6, 6.07) is 18.0. The first-order valence-electron chi connectivity index (χ1n) is 10.1. The third-order valence-corrected chi connectivity index (χ3v) is 4.43. The van der Waals surface area contributed by atoms with E-state index in [9.17, 15) is 4.79 Å². The van der Waals surface area contributed by atoms with Crippen LogP contribution in [0.3, 0.4) is 0 Å². The van der Waals surface area contributed by atoms with Crippen molar-refractivity contribution in [3.8, 4) is 5.75 Å². The van der Waals surface area contributed by atoms with Crippen LogP contribution in [0.15, 0.2) is 54.6 Å². The highest BCUT2D eigenvalue weighted by Crippen LogP contribution is 2.26. The molecule has 1 N–H and O–H groups in total. The molecule has 0 aliphatic heterocycles. The molecule has 5 nitrogen and oxygen atoms in total. The fourth-order valence-corrected chi connectivity index (χ4v) is 2.89. The number of rotatable bonds is 9. The molecule has 0 radical (unpaired) electrons. The van der Waals surface area contributed by atoms with Crippen LogP contribution < -0.4 is 4.74 Å². The van der Waals surface area contributed by atoms with Gasteiger partial charge in [0.1, 0.15) is 17.5 Å². The Balaban J connectivity index is 2.03. The molecule has 0 saturated heterocycles. The molecular formula is C24H33NO4. The van der Waals surface area contributed by atoms with Crippen LogP contribution in [0.5, 0.6) is 5.75 Å². The van der Waals surface area contributed by atoms with Crippen LogP contribution in [-0.4, -0.2) is 41.9 Å². The van der Waals surface area contributed by atoms with Crippen molar-refractivity contribution in [3.63, 3.8) is 0 Å². The number of hydrogen-bond acceptors (Lipinski definition) is 4. The number of ether oxygens (including phenoxy) is 2. The van der Waals surface area contributed by atoms with Crippen LogP contribution in [0.4, 0.5) is 4.79 Å². The van der Waals surface area contributed by atoms with Crippen LogP contribution in [-0.2, 0) is 11.2 Å². The van der Waals surface area contributed by atoms with E-state index in [-0.39, 0.29) is 18.8 Å². The molecule has 5 heteroatoms. The van der Waals surface area contributed by atoms with Gasteiger partial charge in [-0.2, -0.15) is 0 Å².